The third kappa shape index (κ3) is 3.96. The van der Waals surface area contributed by atoms with Crippen molar-refractivity contribution in [2.45, 2.75) is 37.4 Å². The van der Waals surface area contributed by atoms with E-state index in [0.717, 1.165) is 12.1 Å². The van der Waals surface area contributed by atoms with E-state index in [9.17, 15) is 4.79 Å². The minimum absolute atomic E-state index is 0.0130. The van der Waals surface area contributed by atoms with Crippen LogP contribution < -0.4 is 5.32 Å². The molecule has 2 nitrogen and oxygen atoms in total. The SMILES string of the molecule is Cc1c(Cl)cccc1C(=O)NCC1CCC(Br)CC1. The monoisotopic (exact) mass is 343 g/mol. The minimum Gasteiger partial charge on any atom is -0.352 e. The minimum atomic E-state index is -0.0130. The van der Waals surface area contributed by atoms with Crippen molar-refractivity contribution in [2.24, 2.45) is 5.92 Å². The molecule has 1 N–H and O–H groups in total. The highest BCUT2D eigenvalue weighted by Gasteiger charge is 2.20. The Bertz CT molecular complexity index is 455. The second-order valence-corrected chi connectivity index (χ2v) is 6.94. The first-order valence-electron chi connectivity index (χ1n) is 6.75. The maximum atomic E-state index is 12.1. The van der Waals surface area contributed by atoms with Crippen molar-refractivity contribution >= 4 is 33.4 Å². The molecule has 0 spiro atoms. The van der Waals surface area contributed by atoms with Gasteiger partial charge in [0.15, 0.2) is 0 Å². The Balaban J connectivity index is 1.89. The van der Waals surface area contributed by atoms with E-state index < -0.39 is 0 Å². The molecular weight excluding hydrogens is 326 g/mol. The van der Waals surface area contributed by atoms with Crippen LogP contribution >= 0.6 is 27.5 Å². The fourth-order valence-electron chi connectivity index (χ4n) is 2.51. The lowest BCUT2D eigenvalue weighted by molar-refractivity contribution is 0.0943. The number of nitrogens with one attached hydrogen (secondary N) is 1. The van der Waals surface area contributed by atoms with Crippen LogP contribution in [0, 0.1) is 12.8 Å². The standard InChI is InChI=1S/C15H19BrClNO/c1-10-13(3-2-4-14(10)17)15(19)18-9-11-5-7-12(16)8-6-11/h2-4,11-12H,5-9H2,1H3,(H,18,19). The summed E-state index contributed by atoms with van der Waals surface area (Å²) in [6.07, 6.45) is 4.78. The molecule has 0 bridgehead atoms. The van der Waals surface area contributed by atoms with Crippen LogP contribution in [0.25, 0.3) is 0 Å². The van der Waals surface area contributed by atoms with E-state index in [1.54, 1.807) is 0 Å². The van der Waals surface area contributed by atoms with Crippen LogP contribution in [0.4, 0.5) is 0 Å². The number of amides is 1. The van der Waals surface area contributed by atoms with E-state index in [-0.39, 0.29) is 5.91 Å². The fourth-order valence-corrected chi connectivity index (χ4v) is 3.21. The molecule has 1 aromatic rings. The molecule has 4 heteroatoms. The van der Waals surface area contributed by atoms with Crippen molar-refractivity contribution in [3.8, 4) is 0 Å². The summed E-state index contributed by atoms with van der Waals surface area (Å²) in [6, 6.07) is 5.46. The molecule has 0 heterocycles. The van der Waals surface area contributed by atoms with Gasteiger partial charge in [-0.2, -0.15) is 0 Å². The Hall–Kier alpha value is -0.540. The Morgan fingerprint density at radius 3 is 2.74 bits per heavy atom. The van der Waals surface area contributed by atoms with Gasteiger partial charge < -0.3 is 5.32 Å². The molecule has 1 aliphatic rings. The van der Waals surface area contributed by atoms with Gasteiger partial charge in [-0.1, -0.05) is 33.6 Å². The van der Waals surface area contributed by atoms with Gasteiger partial charge in [-0.15, -0.1) is 0 Å². The quantitative estimate of drug-likeness (QED) is 0.812. The lowest BCUT2D eigenvalue weighted by Crippen LogP contribution is -2.31. The van der Waals surface area contributed by atoms with Crippen molar-refractivity contribution < 1.29 is 4.79 Å². The molecule has 1 aliphatic carbocycles. The highest BCUT2D eigenvalue weighted by atomic mass is 79.9. The number of hydrogen-bond donors (Lipinski definition) is 1. The third-order valence-electron chi connectivity index (χ3n) is 3.84. The van der Waals surface area contributed by atoms with Gasteiger partial charge in [0.25, 0.3) is 5.91 Å². The zero-order valence-corrected chi connectivity index (χ0v) is 13.4. The van der Waals surface area contributed by atoms with Crippen molar-refractivity contribution in [3.05, 3.63) is 34.3 Å². The molecule has 1 saturated carbocycles. The van der Waals surface area contributed by atoms with E-state index in [1.165, 1.54) is 25.7 Å². The Kier molecular flexibility index (Phi) is 5.28. The molecule has 0 atom stereocenters. The number of benzene rings is 1. The first-order chi connectivity index (χ1) is 9.08. The van der Waals surface area contributed by atoms with Crippen LogP contribution in [0.15, 0.2) is 18.2 Å². The van der Waals surface area contributed by atoms with Gasteiger partial charge in [0.1, 0.15) is 0 Å². The molecule has 2 rings (SSSR count). The summed E-state index contributed by atoms with van der Waals surface area (Å²) in [7, 11) is 0. The van der Waals surface area contributed by atoms with Gasteiger partial charge in [-0.25, -0.2) is 0 Å². The zero-order chi connectivity index (χ0) is 13.8. The third-order valence-corrected chi connectivity index (χ3v) is 5.17. The first kappa shape index (κ1) is 14.9. The molecule has 0 aromatic heterocycles. The van der Waals surface area contributed by atoms with Gasteiger partial charge in [0.2, 0.25) is 0 Å². The van der Waals surface area contributed by atoms with Crippen LogP contribution in [0.5, 0.6) is 0 Å². The zero-order valence-electron chi connectivity index (χ0n) is 11.1. The molecule has 104 valence electrons. The summed E-state index contributed by atoms with van der Waals surface area (Å²) in [4.78, 5) is 12.8. The molecule has 0 unspecified atom stereocenters. The first-order valence-corrected chi connectivity index (χ1v) is 8.04. The van der Waals surface area contributed by atoms with Gasteiger partial charge in [-0.05, 0) is 56.2 Å². The van der Waals surface area contributed by atoms with Crippen molar-refractivity contribution in [3.63, 3.8) is 0 Å². The average molecular weight is 345 g/mol. The van der Waals surface area contributed by atoms with Crippen molar-refractivity contribution in [2.75, 3.05) is 6.54 Å². The number of rotatable bonds is 3. The van der Waals surface area contributed by atoms with Gasteiger partial charge in [-0.3, -0.25) is 4.79 Å². The van der Waals surface area contributed by atoms with Crippen LogP contribution in [-0.2, 0) is 0 Å². The van der Waals surface area contributed by atoms with Crippen molar-refractivity contribution in [1.82, 2.24) is 5.32 Å². The topological polar surface area (TPSA) is 29.1 Å². The van der Waals surface area contributed by atoms with E-state index in [1.807, 2.05) is 25.1 Å². The maximum absolute atomic E-state index is 12.1. The molecule has 0 saturated heterocycles. The summed E-state index contributed by atoms with van der Waals surface area (Å²) in [6.45, 7) is 2.65. The number of carbonyl (C=O) groups is 1. The van der Waals surface area contributed by atoms with E-state index in [4.69, 9.17) is 11.6 Å². The summed E-state index contributed by atoms with van der Waals surface area (Å²) < 4.78 is 0. The number of carbonyl (C=O) groups excluding carboxylic acids is 1. The second-order valence-electron chi connectivity index (χ2n) is 5.24. The highest BCUT2D eigenvalue weighted by Crippen LogP contribution is 2.28. The normalized spacial score (nSPS) is 23.1. The Morgan fingerprint density at radius 1 is 1.37 bits per heavy atom. The van der Waals surface area contributed by atoms with Crippen LogP contribution in [0.2, 0.25) is 5.02 Å². The smallest absolute Gasteiger partial charge is 0.251 e. The van der Waals surface area contributed by atoms with E-state index >= 15 is 0 Å². The van der Waals surface area contributed by atoms with E-state index in [2.05, 4.69) is 21.2 Å². The predicted molar refractivity (Wildman–Crippen MR) is 83.2 cm³/mol. The van der Waals surface area contributed by atoms with Crippen molar-refractivity contribution in [1.29, 1.82) is 0 Å². The molecule has 0 aliphatic heterocycles. The second kappa shape index (κ2) is 6.76. The summed E-state index contributed by atoms with van der Waals surface area (Å²) in [5, 5.41) is 3.68. The van der Waals surface area contributed by atoms with Gasteiger partial charge in [0, 0.05) is 22.0 Å². The summed E-state index contributed by atoms with van der Waals surface area (Å²) in [5.74, 6) is 0.596. The summed E-state index contributed by atoms with van der Waals surface area (Å²) >= 11 is 9.69. The fraction of sp³-hybridized carbons (Fsp3) is 0.533. The number of halogens is 2. The number of hydrogen-bond acceptors (Lipinski definition) is 1. The van der Waals surface area contributed by atoms with Gasteiger partial charge in [0.05, 0.1) is 0 Å². The van der Waals surface area contributed by atoms with Crippen LogP contribution in [0.1, 0.15) is 41.6 Å². The predicted octanol–water partition coefficient (Wildman–Crippen LogP) is 4.33. The van der Waals surface area contributed by atoms with Gasteiger partial charge >= 0.3 is 0 Å². The average Bonchev–Trinajstić information content (AvgIpc) is 2.41. The highest BCUT2D eigenvalue weighted by molar-refractivity contribution is 9.09. The van der Waals surface area contributed by atoms with Crippen LogP contribution in [0.3, 0.4) is 0 Å². The Labute approximate surface area is 128 Å². The molecule has 1 fully saturated rings. The number of alkyl halides is 1. The van der Waals surface area contributed by atoms with Crippen LogP contribution in [-0.4, -0.2) is 17.3 Å². The largest absolute Gasteiger partial charge is 0.352 e. The molecule has 0 radical (unpaired) electrons. The molecule has 1 amide bonds. The Morgan fingerprint density at radius 2 is 2.05 bits per heavy atom. The lowest BCUT2D eigenvalue weighted by Gasteiger charge is -2.25. The van der Waals surface area contributed by atoms with E-state index in [0.29, 0.717) is 21.3 Å². The lowest BCUT2D eigenvalue weighted by atomic mass is 9.89. The maximum Gasteiger partial charge on any atom is 0.251 e. The molecule has 1 aromatic carbocycles. The summed E-state index contributed by atoms with van der Waals surface area (Å²) in [5.41, 5.74) is 1.53. The molecule has 19 heavy (non-hydrogen) atoms. The molecular formula is C15H19BrClNO.